The van der Waals surface area contributed by atoms with Gasteiger partial charge in [-0.2, -0.15) is 0 Å². The fraction of sp³-hybridized carbons (Fsp3) is 0.154. The van der Waals surface area contributed by atoms with Gasteiger partial charge in [0.25, 0.3) is 0 Å². The first-order valence-corrected chi connectivity index (χ1v) is 6.13. The quantitative estimate of drug-likeness (QED) is 0.392. The molecule has 0 atom stereocenters. The van der Waals surface area contributed by atoms with Crippen molar-refractivity contribution in [3.05, 3.63) is 46.4 Å². The normalized spacial score (nSPS) is 11.4. The number of hydrogen-bond acceptors (Lipinski definition) is 5. The van der Waals surface area contributed by atoms with Gasteiger partial charge in [0.2, 0.25) is 5.88 Å². The van der Waals surface area contributed by atoms with E-state index in [-0.39, 0.29) is 11.5 Å². The van der Waals surface area contributed by atoms with E-state index in [9.17, 15) is 0 Å². The van der Waals surface area contributed by atoms with Crippen LogP contribution < -0.4 is 10.5 Å². The van der Waals surface area contributed by atoms with Gasteiger partial charge < -0.3 is 15.7 Å². The summed E-state index contributed by atoms with van der Waals surface area (Å²) < 4.78 is 5.69. The van der Waals surface area contributed by atoms with Crippen LogP contribution in [0.4, 0.5) is 0 Å². The first-order chi connectivity index (χ1) is 9.51. The number of nitrogens with two attached hydrogens (primary N) is 1. The Labute approximate surface area is 120 Å². The number of ether oxygens (including phenoxy) is 1. The van der Waals surface area contributed by atoms with Crippen molar-refractivity contribution in [2.45, 2.75) is 13.8 Å². The number of benzene rings is 1. The Morgan fingerprint density at radius 1 is 1.25 bits per heavy atom. The molecule has 0 amide bonds. The molecule has 0 aliphatic carbocycles. The number of aromatic nitrogens is 2. The molecule has 1 aromatic heterocycles. The van der Waals surface area contributed by atoms with Crippen LogP contribution in [0.5, 0.6) is 11.6 Å². The third kappa shape index (κ3) is 2.97. The predicted molar refractivity (Wildman–Crippen MR) is 75.5 cm³/mol. The predicted octanol–water partition coefficient (Wildman–Crippen LogP) is 2.63. The molecule has 3 N–H and O–H groups in total. The highest BCUT2D eigenvalue weighted by Gasteiger charge is 2.09. The second-order valence-electron chi connectivity index (χ2n) is 4.20. The zero-order valence-electron chi connectivity index (χ0n) is 11.0. The monoisotopic (exact) mass is 292 g/mol. The topological polar surface area (TPSA) is 93.6 Å². The summed E-state index contributed by atoms with van der Waals surface area (Å²) in [4.78, 5) is 8.05. The van der Waals surface area contributed by atoms with E-state index in [2.05, 4.69) is 15.1 Å². The molecule has 0 saturated carbocycles. The minimum atomic E-state index is -0.108. The summed E-state index contributed by atoms with van der Waals surface area (Å²) in [6.45, 7) is 3.79. The Bertz CT molecular complexity index is 633. The fourth-order valence-electron chi connectivity index (χ4n) is 1.72. The molecule has 0 saturated heterocycles. The maximum Gasteiger partial charge on any atom is 0.237 e. The van der Waals surface area contributed by atoms with Gasteiger partial charge in [0.05, 0.1) is 12.4 Å². The van der Waals surface area contributed by atoms with E-state index in [4.69, 9.17) is 27.3 Å². The van der Waals surface area contributed by atoms with E-state index >= 15 is 0 Å². The van der Waals surface area contributed by atoms with Gasteiger partial charge in [-0.15, -0.1) is 0 Å². The van der Waals surface area contributed by atoms with Crippen LogP contribution in [0.2, 0.25) is 5.02 Å². The van der Waals surface area contributed by atoms with Gasteiger partial charge in [0.15, 0.2) is 5.84 Å². The first-order valence-electron chi connectivity index (χ1n) is 5.76. The van der Waals surface area contributed by atoms with Crippen molar-refractivity contribution in [3.8, 4) is 11.6 Å². The van der Waals surface area contributed by atoms with Gasteiger partial charge in [-0.25, -0.2) is 9.97 Å². The fourth-order valence-corrected chi connectivity index (χ4v) is 2.04. The SMILES string of the molecule is Cc1cc(Cl)cc(C)c1Oc1cnc(C(N)=NO)cn1. The van der Waals surface area contributed by atoms with Crippen molar-refractivity contribution in [2.24, 2.45) is 10.9 Å². The van der Waals surface area contributed by atoms with Crippen LogP contribution in [-0.4, -0.2) is 21.0 Å². The molecule has 0 radical (unpaired) electrons. The van der Waals surface area contributed by atoms with E-state index in [1.165, 1.54) is 12.4 Å². The highest BCUT2D eigenvalue weighted by atomic mass is 35.5. The number of halogens is 1. The van der Waals surface area contributed by atoms with Crippen molar-refractivity contribution in [1.82, 2.24) is 9.97 Å². The smallest absolute Gasteiger partial charge is 0.237 e. The molecule has 1 aromatic carbocycles. The lowest BCUT2D eigenvalue weighted by Gasteiger charge is -2.11. The standard InChI is InChI=1S/C13H13ClN4O2/c1-7-3-9(14)4-8(2)12(7)20-11-6-16-10(5-17-11)13(15)18-19/h3-6,19H,1-2H3,(H2,15,18). The van der Waals surface area contributed by atoms with E-state index in [1.807, 2.05) is 26.0 Å². The average molecular weight is 293 g/mol. The van der Waals surface area contributed by atoms with Gasteiger partial charge in [-0.05, 0) is 37.1 Å². The Kier molecular flexibility index (Phi) is 4.05. The highest BCUT2D eigenvalue weighted by molar-refractivity contribution is 6.30. The van der Waals surface area contributed by atoms with Gasteiger partial charge in [-0.3, -0.25) is 0 Å². The van der Waals surface area contributed by atoms with Crippen LogP contribution in [-0.2, 0) is 0 Å². The van der Waals surface area contributed by atoms with Crippen molar-refractivity contribution in [1.29, 1.82) is 0 Å². The average Bonchev–Trinajstić information content (AvgIpc) is 2.42. The van der Waals surface area contributed by atoms with Crippen LogP contribution >= 0.6 is 11.6 Å². The Hall–Kier alpha value is -2.34. The zero-order chi connectivity index (χ0) is 14.7. The maximum atomic E-state index is 8.54. The van der Waals surface area contributed by atoms with Gasteiger partial charge in [0, 0.05) is 5.02 Å². The van der Waals surface area contributed by atoms with Crippen molar-refractivity contribution < 1.29 is 9.94 Å². The molecule has 0 aliphatic rings. The Morgan fingerprint density at radius 3 is 2.40 bits per heavy atom. The molecule has 0 bridgehead atoms. The van der Waals surface area contributed by atoms with E-state index in [1.54, 1.807) is 0 Å². The first kappa shape index (κ1) is 14.1. The van der Waals surface area contributed by atoms with Crippen LogP contribution in [0.25, 0.3) is 0 Å². The number of amidine groups is 1. The molecule has 0 unspecified atom stereocenters. The number of hydrogen-bond donors (Lipinski definition) is 2. The largest absolute Gasteiger partial charge is 0.437 e. The van der Waals surface area contributed by atoms with E-state index < -0.39 is 0 Å². The third-order valence-electron chi connectivity index (χ3n) is 2.63. The number of rotatable bonds is 3. The van der Waals surface area contributed by atoms with Gasteiger partial charge >= 0.3 is 0 Å². The summed E-state index contributed by atoms with van der Waals surface area (Å²) >= 11 is 5.96. The number of nitrogens with zero attached hydrogens (tertiary/aromatic N) is 3. The summed E-state index contributed by atoms with van der Waals surface area (Å²) in [6, 6.07) is 3.62. The van der Waals surface area contributed by atoms with Crippen molar-refractivity contribution in [2.75, 3.05) is 0 Å². The molecule has 6 nitrogen and oxygen atoms in total. The molecule has 104 valence electrons. The molecule has 7 heteroatoms. The number of aryl methyl sites for hydroxylation is 2. The van der Waals surface area contributed by atoms with Crippen LogP contribution in [0.15, 0.2) is 29.7 Å². The van der Waals surface area contributed by atoms with E-state index in [0.717, 1.165) is 11.1 Å². The van der Waals surface area contributed by atoms with Crippen molar-refractivity contribution in [3.63, 3.8) is 0 Å². The summed E-state index contributed by atoms with van der Waals surface area (Å²) in [6.07, 6.45) is 2.77. The second-order valence-corrected chi connectivity index (χ2v) is 4.63. The molecule has 0 aliphatic heterocycles. The van der Waals surface area contributed by atoms with E-state index in [0.29, 0.717) is 16.7 Å². The molecule has 1 heterocycles. The summed E-state index contributed by atoms with van der Waals surface area (Å²) in [5.74, 6) is 0.885. The Balaban J connectivity index is 2.27. The lowest BCUT2D eigenvalue weighted by atomic mass is 10.1. The van der Waals surface area contributed by atoms with Crippen LogP contribution in [0.3, 0.4) is 0 Å². The molecule has 20 heavy (non-hydrogen) atoms. The lowest BCUT2D eigenvalue weighted by molar-refractivity contribution is 0.318. The molecule has 0 fully saturated rings. The minimum Gasteiger partial charge on any atom is -0.437 e. The summed E-state index contributed by atoms with van der Waals surface area (Å²) in [7, 11) is 0. The summed E-state index contributed by atoms with van der Waals surface area (Å²) in [5.41, 5.74) is 7.47. The van der Waals surface area contributed by atoms with Crippen LogP contribution in [0, 0.1) is 13.8 Å². The zero-order valence-corrected chi connectivity index (χ0v) is 11.7. The van der Waals surface area contributed by atoms with Crippen LogP contribution in [0.1, 0.15) is 16.8 Å². The van der Waals surface area contributed by atoms with Gasteiger partial charge in [0.1, 0.15) is 11.4 Å². The van der Waals surface area contributed by atoms with Gasteiger partial charge in [-0.1, -0.05) is 16.8 Å². The molecule has 2 aromatic rings. The molecule has 2 rings (SSSR count). The number of oxime groups is 1. The highest BCUT2D eigenvalue weighted by Crippen LogP contribution is 2.30. The second kappa shape index (κ2) is 5.75. The summed E-state index contributed by atoms with van der Waals surface area (Å²) in [5, 5.41) is 12.0. The van der Waals surface area contributed by atoms with Crippen molar-refractivity contribution >= 4 is 17.4 Å². The lowest BCUT2D eigenvalue weighted by Crippen LogP contribution is -2.15. The molecular weight excluding hydrogens is 280 g/mol. The minimum absolute atomic E-state index is 0.108. The molecule has 0 spiro atoms. The third-order valence-corrected chi connectivity index (χ3v) is 2.85. The Morgan fingerprint density at radius 2 is 1.90 bits per heavy atom. The maximum absolute atomic E-state index is 8.54. The molecular formula is C13H13ClN4O2.